The molecule has 0 saturated carbocycles. The van der Waals surface area contributed by atoms with Crippen LogP contribution < -0.4 is 5.32 Å². The van der Waals surface area contributed by atoms with E-state index < -0.39 is 0 Å². The van der Waals surface area contributed by atoms with Crippen LogP contribution in [-0.4, -0.2) is 53.1 Å². The highest BCUT2D eigenvalue weighted by Gasteiger charge is 2.23. The van der Waals surface area contributed by atoms with Gasteiger partial charge in [-0.3, -0.25) is 4.68 Å². The molecule has 2 heterocycles. The average Bonchev–Trinajstić information content (AvgIpc) is 2.98. The number of carbonyl (C=O) groups excluding carboxylic acids is 1. The fourth-order valence-corrected chi connectivity index (χ4v) is 2.60. The van der Waals surface area contributed by atoms with E-state index >= 15 is 0 Å². The normalized spacial score (nSPS) is 18.0. The van der Waals surface area contributed by atoms with Crippen LogP contribution in [0.25, 0.3) is 0 Å². The molecule has 1 fully saturated rings. The maximum absolute atomic E-state index is 11.4. The molecule has 0 radical (unpaired) electrons. The number of rotatable bonds is 5. The summed E-state index contributed by atoms with van der Waals surface area (Å²) >= 11 is 0. The van der Waals surface area contributed by atoms with Crippen LogP contribution in [0.15, 0.2) is 18.5 Å². The van der Waals surface area contributed by atoms with E-state index in [-0.39, 0.29) is 6.09 Å². The number of carbonyl (C=O) groups is 1. The Bertz CT molecular complexity index is 399. The minimum Gasteiger partial charge on any atom is -0.453 e. The van der Waals surface area contributed by atoms with Gasteiger partial charge in [0.05, 0.1) is 7.11 Å². The number of methoxy groups -OCH3 is 1. The van der Waals surface area contributed by atoms with Gasteiger partial charge in [-0.25, -0.2) is 4.79 Å². The fraction of sp³-hybridized carbons (Fsp3) is 0.714. The number of hydrogen-bond donors (Lipinski definition) is 1. The molecule has 1 N–H and O–H groups in total. The third kappa shape index (κ3) is 4.23. The van der Waals surface area contributed by atoms with Crippen molar-refractivity contribution in [3.8, 4) is 0 Å². The molecular weight excluding hydrogens is 256 g/mol. The third-order valence-electron chi connectivity index (χ3n) is 3.80. The molecule has 1 aliphatic rings. The maximum Gasteiger partial charge on any atom is 0.409 e. The van der Waals surface area contributed by atoms with Gasteiger partial charge in [0.15, 0.2) is 0 Å². The lowest BCUT2D eigenvalue weighted by molar-refractivity contribution is 0.108. The third-order valence-corrected chi connectivity index (χ3v) is 3.80. The lowest BCUT2D eigenvalue weighted by atomic mass is 10.0. The molecule has 6 heteroatoms. The van der Waals surface area contributed by atoms with Crippen LogP contribution in [0.1, 0.15) is 26.2 Å². The van der Waals surface area contributed by atoms with Gasteiger partial charge >= 0.3 is 6.09 Å². The van der Waals surface area contributed by atoms with Crippen LogP contribution in [0.3, 0.4) is 0 Å². The first-order valence-electron chi connectivity index (χ1n) is 7.25. The Morgan fingerprint density at radius 1 is 1.50 bits per heavy atom. The summed E-state index contributed by atoms with van der Waals surface area (Å²) in [5, 5.41) is 7.84. The molecular formula is C14H24N4O2. The van der Waals surface area contributed by atoms with Gasteiger partial charge in [-0.15, -0.1) is 0 Å². The Morgan fingerprint density at radius 2 is 2.25 bits per heavy atom. The Kier molecular flexibility index (Phi) is 5.40. The maximum atomic E-state index is 11.4. The van der Waals surface area contributed by atoms with E-state index in [1.807, 2.05) is 16.9 Å². The molecule has 1 aromatic heterocycles. The van der Waals surface area contributed by atoms with E-state index in [2.05, 4.69) is 17.3 Å². The zero-order valence-electron chi connectivity index (χ0n) is 12.3. The zero-order valence-corrected chi connectivity index (χ0v) is 12.3. The van der Waals surface area contributed by atoms with Gasteiger partial charge < -0.3 is 15.0 Å². The lowest BCUT2D eigenvalue weighted by Gasteiger charge is -2.33. The smallest absolute Gasteiger partial charge is 0.409 e. The van der Waals surface area contributed by atoms with Crippen molar-refractivity contribution in [3.05, 3.63) is 18.5 Å². The van der Waals surface area contributed by atoms with Gasteiger partial charge in [-0.05, 0) is 32.3 Å². The number of aryl methyl sites for hydroxylation is 1. The van der Waals surface area contributed by atoms with Crippen molar-refractivity contribution in [2.75, 3.05) is 20.2 Å². The van der Waals surface area contributed by atoms with Gasteiger partial charge in [0, 0.05) is 44.1 Å². The Hall–Kier alpha value is -1.56. The van der Waals surface area contributed by atoms with Crippen molar-refractivity contribution < 1.29 is 9.53 Å². The van der Waals surface area contributed by atoms with Crippen LogP contribution in [0.4, 0.5) is 4.79 Å². The molecule has 1 aliphatic heterocycles. The van der Waals surface area contributed by atoms with Gasteiger partial charge in [-0.1, -0.05) is 0 Å². The second kappa shape index (κ2) is 7.28. The average molecular weight is 280 g/mol. The van der Waals surface area contributed by atoms with Crippen molar-refractivity contribution in [3.63, 3.8) is 0 Å². The van der Waals surface area contributed by atoms with Crippen molar-refractivity contribution in [1.29, 1.82) is 0 Å². The summed E-state index contributed by atoms with van der Waals surface area (Å²) in [6, 6.07) is 2.89. The number of ether oxygens (including phenoxy) is 1. The number of hydrogen-bond acceptors (Lipinski definition) is 4. The molecule has 0 aliphatic carbocycles. The summed E-state index contributed by atoms with van der Waals surface area (Å²) in [6.07, 6.45) is 6.61. The molecule has 0 spiro atoms. The Labute approximate surface area is 120 Å². The summed E-state index contributed by atoms with van der Waals surface area (Å²) in [5.74, 6) is 0. The van der Waals surface area contributed by atoms with E-state index in [1.165, 1.54) is 7.11 Å². The van der Waals surface area contributed by atoms with E-state index in [4.69, 9.17) is 4.74 Å². The monoisotopic (exact) mass is 280 g/mol. The zero-order chi connectivity index (χ0) is 14.4. The molecule has 0 bridgehead atoms. The number of amides is 1. The topological polar surface area (TPSA) is 59.4 Å². The number of likely N-dealkylation sites (tertiary alicyclic amines) is 1. The van der Waals surface area contributed by atoms with Gasteiger partial charge in [0.2, 0.25) is 0 Å². The minimum atomic E-state index is -0.213. The Morgan fingerprint density at radius 3 is 2.85 bits per heavy atom. The molecule has 0 aromatic carbocycles. The van der Waals surface area contributed by atoms with E-state index in [0.717, 1.165) is 38.9 Å². The molecule has 20 heavy (non-hydrogen) atoms. The van der Waals surface area contributed by atoms with Gasteiger partial charge in [-0.2, -0.15) is 5.10 Å². The van der Waals surface area contributed by atoms with Crippen LogP contribution >= 0.6 is 0 Å². The largest absolute Gasteiger partial charge is 0.453 e. The molecule has 112 valence electrons. The van der Waals surface area contributed by atoms with E-state index in [1.54, 1.807) is 11.1 Å². The standard InChI is InChI=1S/C14H24N4O2/c1-12(4-11-18-8-3-7-15-18)16-13-5-9-17(10-6-13)14(19)20-2/h3,7-8,12-13,16H,4-6,9-11H2,1-2H3. The molecule has 1 saturated heterocycles. The van der Waals surface area contributed by atoms with Crippen LogP contribution in [0.5, 0.6) is 0 Å². The van der Waals surface area contributed by atoms with Crippen molar-refractivity contribution in [2.24, 2.45) is 0 Å². The summed E-state index contributed by atoms with van der Waals surface area (Å²) in [5.41, 5.74) is 0. The quantitative estimate of drug-likeness (QED) is 0.887. The number of nitrogens with one attached hydrogen (secondary N) is 1. The van der Waals surface area contributed by atoms with Gasteiger partial charge in [0.1, 0.15) is 0 Å². The van der Waals surface area contributed by atoms with Crippen molar-refractivity contribution in [1.82, 2.24) is 20.0 Å². The summed E-state index contributed by atoms with van der Waals surface area (Å²) in [7, 11) is 1.43. The predicted molar refractivity (Wildman–Crippen MR) is 76.4 cm³/mol. The first kappa shape index (κ1) is 14.8. The first-order chi connectivity index (χ1) is 9.69. The van der Waals surface area contributed by atoms with E-state index in [0.29, 0.717) is 12.1 Å². The molecule has 2 rings (SSSR count). The molecule has 6 nitrogen and oxygen atoms in total. The molecule has 1 atom stereocenters. The van der Waals surface area contributed by atoms with Crippen molar-refractivity contribution in [2.45, 2.75) is 44.8 Å². The molecule has 1 unspecified atom stereocenters. The molecule has 1 amide bonds. The first-order valence-corrected chi connectivity index (χ1v) is 7.25. The predicted octanol–water partition coefficient (Wildman–Crippen LogP) is 1.48. The summed E-state index contributed by atoms with van der Waals surface area (Å²) in [4.78, 5) is 13.2. The van der Waals surface area contributed by atoms with Crippen molar-refractivity contribution >= 4 is 6.09 Å². The Balaban J connectivity index is 1.65. The van der Waals surface area contributed by atoms with Crippen LogP contribution in [0, 0.1) is 0 Å². The SMILES string of the molecule is COC(=O)N1CCC(NC(C)CCn2cccn2)CC1. The highest BCUT2D eigenvalue weighted by molar-refractivity contribution is 5.67. The second-order valence-corrected chi connectivity index (χ2v) is 5.36. The molecule has 1 aromatic rings. The lowest BCUT2D eigenvalue weighted by Crippen LogP contribution is -2.47. The summed E-state index contributed by atoms with van der Waals surface area (Å²) in [6.45, 7) is 4.69. The number of nitrogens with zero attached hydrogens (tertiary/aromatic N) is 3. The highest BCUT2D eigenvalue weighted by atomic mass is 16.5. The second-order valence-electron chi connectivity index (χ2n) is 5.36. The van der Waals surface area contributed by atoms with Gasteiger partial charge in [0.25, 0.3) is 0 Å². The van der Waals surface area contributed by atoms with E-state index in [9.17, 15) is 4.79 Å². The summed E-state index contributed by atoms with van der Waals surface area (Å²) < 4.78 is 6.70. The van der Waals surface area contributed by atoms with Crippen LogP contribution in [-0.2, 0) is 11.3 Å². The number of piperidine rings is 1. The fourth-order valence-electron chi connectivity index (χ4n) is 2.60. The minimum absolute atomic E-state index is 0.213. The number of aromatic nitrogens is 2. The highest BCUT2D eigenvalue weighted by Crippen LogP contribution is 2.12. The van der Waals surface area contributed by atoms with Crippen LogP contribution in [0.2, 0.25) is 0 Å².